The lowest BCUT2D eigenvalue weighted by Crippen LogP contribution is -2.16. The van der Waals surface area contributed by atoms with Crippen LogP contribution in [0.3, 0.4) is 0 Å². The minimum Gasteiger partial charge on any atom is -0.409 e. The van der Waals surface area contributed by atoms with E-state index in [1.165, 1.54) is 43.8 Å². The van der Waals surface area contributed by atoms with Gasteiger partial charge in [0.25, 0.3) is 0 Å². The molecule has 0 bridgehead atoms. The SMILES string of the molecule is ClCc1nc([C@@H]2[C@H]3C=C(c4ccc5ccncc5c4)C[C@H]32)no1.N/C(=N\O)[C@@H]1[C@H]2C=C(c3ccc4ccncc4c3)C[C@H]21. The summed E-state index contributed by atoms with van der Waals surface area (Å²) >= 11 is 5.72. The molecule has 3 N–H and O–H groups in total. The van der Waals surface area contributed by atoms with E-state index in [1.807, 2.05) is 36.9 Å². The maximum absolute atomic E-state index is 8.74. The number of nitrogens with zero attached hydrogens (tertiary/aromatic N) is 5. The first-order valence-electron chi connectivity index (χ1n) is 14.6. The van der Waals surface area contributed by atoms with Gasteiger partial charge in [0.2, 0.25) is 5.89 Å². The van der Waals surface area contributed by atoms with Gasteiger partial charge in [0.05, 0.1) is 0 Å². The van der Waals surface area contributed by atoms with Crippen molar-refractivity contribution in [1.82, 2.24) is 20.1 Å². The molecule has 9 heteroatoms. The second-order valence-electron chi connectivity index (χ2n) is 11.9. The van der Waals surface area contributed by atoms with Crippen LogP contribution in [0.15, 0.2) is 95.1 Å². The third kappa shape index (κ3) is 4.66. The van der Waals surface area contributed by atoms with Gasteiger partial charge in [0.1, 0.15) is 11.7 Å². The lowest BCUT2D eigenvalue weighted by molar-refractivity contribution is 0.316. The Morgan fingerprint density at radius 3 is 2.00 bits per heavy atom. The first-order chi connectivity index (χ1) is 21.1. The van der Waals surface area contributed by atoms with Crippen molar-refractivity contribution in [3.05, 3.63) is 108 Å². The molecule has 0 aliphatic heterocycles. The fourth-order valence-electron chi connectivity index (χ4n) is 7.19. The third-order valence-corrected chi connectivity index (χ3v) is 9.76. The molecule has 0 saturated heterocycles. The summed E-state index contributed by atoms with van der Waals surface area (Å²) in [7, 11) is 0. The first kappa shape index (κ1) is 26.1. The van der Waals surface area contributed by atoms with Gasteiger partial charge >= 0.3 is 0 Å². The molecule has 0 radical (unpaired) electrons. The van der Waals surface area contributed by atoms with Crippen LogP contribution in [0.2, 0.25) is 0 Å². The summed E-state index contributed by atoms with van der Waals surface area (Å²) in [6.45, 7) is 0. The highest BCUT2D eigenvalue weighted by Crippen LogP contribution is 2.62. The van der Waals surface area contributed by atoms with Crippen LogP contribution in [0, 0.1) is 29.6 Å². The molecule has 214 valence electrons. The standard InChI is InChI=1S/C18H14ClN3O.C16H15N3O/c19-8-16-21-18(22-23-16)17-14-6-12(7-15(14)17)11-2-1-10-3-4-20-9-13(10)5-11;17-16(19-20)15-13-6-11(7-14(13)15)10-2-1-9-3-4-18-8-12(9)5-10/h1-6,9,14-15,17H,7-8H2;1-6,8,13-15,20H,7H2,(H2,17,19)/t14-,15+,17+;13-,14+,15+/m00/s1. The number of alkyl halides is 1. The highest BCUT2D eigenvalue weighted by molar-refractivity contribution is 6.16. The first-order valence-corrected chi connectivity index (χ1v) is 15.1. The zero-order valence-corrected chi connectivity index (χ0v) is 24.0. The lowest BCUT2D eigenvalue weighted by Gasteiger charge is -2.07. The lowest BCUT2D eigenvalue weighted by atomic mass is 9.98. The Balaban J connectivity index is 0.000000131. The van der Waals surface area contributed by atoms with Gasteiger partial charge in [-0.05, 0) is 93.8 Å². The van der Waals surface area contributed by atoms with E-state index in [0.29, 0.717) is 41.3 Å². The van der Waals surface area contributed by atoms with Crippen molar-refractivity contribution in [3.8, 4) is 0 Å². The number of benzene rings is 2. The van der Waals surface area contributed by atoms with Crippen molar-refractivity contribution in [2.45, 2.75) is 24.6 Å². The van der Waals surface area contributed by atoms with E-state index >= 15 is 0 Å². The number of hydrogen-bond acceptors (Lipinski definition) is 7. The Bertz CT molecular complexity index is 1970. The molecule has 5 aromatic rings. The number of amidine groups is 1. The van der Waals surface area contributed by atoms with Crippen molar-refractivity contribution in [2.24, 2.45) is 40.5 Å². The van der Waals surface area contributed by atoms with Gasteiger partial charge in [-0.2, -0.15) is 4.98 Å². The van der Waals surface area contributed by atoms with E-state index in [2.05, 4.69) is 73.8 Å². The molecule has 9 rings (SSSR count). The minimum absolute atomic E-state index is 0.242. The second-order valence-corrected chi connectivity index (χ2v) is 12.2. The maximum atomic E-state index is 8.74. The van der Waals surface area contributed by atoms with Crippen LogP contribution < -0.4 is 5.73 Å². The van der Waals surface area contributed by atoms with Crippen molar-refractivity contribution in [2.75, 3.05) is 0 Å². The highest BCUT2D eigenvalue weighted by atomic mass is 35.5. The van der Waals surface area contributed by atoms with Crippen molar-refractivity contribution in [1.29, 1.82) is 0 Å². The van der Waals surface area contributed by atoms with Gasteiger partial charge in [-0.3, -0.25) is 9.97 Å². The number of aromatic nitrogens is 4. The maximum Gasteiger partial charge on any atom is 0.241 e. The molecular formula is C34H29ClN6O2. The van der Waals surface area contributed by atoms with E-state index in [-0.39, 0.29) is 11.8 Å². The van der Waals surface area contributed by atoms with E-state index < -0.39 is 0 Å². The molecule has 4 aliphatic carbocycles. The van der Waals surface area contributed by atoms with E-state index in [1.54, 1.807) is 0 Å². The van der Waals surface area contributed by atoms with Gasteiger partial charge in [0.15, 0.2) is 5.82 Å². The van der Waals surface area contributed by atoms with Crippen LogP contribution >= 0.6 is 11.6 Å². The number of halogens is 1. The van der Waals surface area contributed by atoms with Gasteiger partial charge < -0.3 is 15.5 Å². The topological polar surface area (TPSA) is 123 Å². The number of allylic oxidation sites excluding steroid dienone is 4. The molecule has 8 nitrogen and oxygen atoms in total. The normalized spacial score (nSPS) is 26.8. The molecule has 43 heavy (non-hydrogen) atoms. The number of oxime groups is 1. The monoisotopic (exact) mass is 588 g/mol. The summed E-state index contributed by atoms with van der Waals surface area (Å²) < 4.78 is 5.12. The van der Waals surface area contributed by atoms with Crippen LogP contribution in [0.25, 0.3) is 32.7 Å². The molecule has 3 aromatic heterocycles. The van der Waals surface area contributed by atoms with Gasteiger partial charge in [-0.25, -0.2) is 0 Å². The van der Waals surface area contributed by atoms with Crippen LogP contribution in [0.1, 0.15) is 41.6 Å². The van der Waals surface area contributed by atoms with Crippen LogP contribution in [0.5, 0.6) is 0 Å². The van der Waals surface area contributed by atoms with E-state index in [4.69, 9.17) is 27.1 Å². The Labute approximate surface area is 253 Å². The van der Waals surface area contributed by atoms with Gasteiger partial charge in [-0.1, -0.05) is 46.7 Å². The Morgan fingerprint density at radius 1 is 0.860 bits per heavy atom. The number of pyridine rings is 2. The van der Waals surface area contributed by atoms with Crippen molar-refractivity contribution < 1.29 is 9.73 Å². The summed E-state index contributed by atoms with van der Waals surface area (Å²) in [4.78, 5) is 12.7. The quantitative estimate of drug-likeness (QED) is 0.0760. The zero-order chi connectivity index (χ0) is 29.1. The molecule has 2 fully saturated rings. The van der Waals surface area contributed by atoms with Gasteiger partial charge in [-0.15, -0.1) is 11.6 Å². The molecule has 0 amide bonds. The summed E-state index contributed by atoms with van der Waals surface area (Å²) in [5, 5.41) is 20.7. The van der Waals surface area contributed by atoms with E-state index in [0.717, 1.165) is 18.7 Å². The van der Waals surface area contributed by atoms with E-state index in [9.17, 15) is 0 Å². The molecule has 0 unspecified atom stereocenters. The Kier molecular flexibility index (Phi) is 6.26. The summed E-state index contributed by atoms with van der Waals surface area (Å²) in [5.41, 5.74) is 11.0. The molecule has 2 aromatic carbocycles. The number of rotatable bonds is 5. The molecule has 2 saturated carbocycles. The molecular weight excluding hydrogens is 560 g/mol. The van der Waals surface area contributed by atoms with Crippen LogP contribution in [-0.4, -0.2) is 31.2 Å². The van der Waals surface area contributed by atoms with Crippen molar-refractivity contribution >= 4 is 50.1 Å². The highest BCUT2D eigenvalue weighted by Gasteiger charge is 2.56. The molecule has 6 atom stereocenters. The Hall–Kier alpha value is -4.56. The van der Waals surface area contributed by atoms with Crippen LogP contribution in [-0.2, 0) is 5.88 Å². The summed E-state index contributed by atoms with van der Waals surface area (Å²) in [6.07, 6.45) is 14.2. The second kappa shape index (κ2) is 10.3. The zero-order valence-electron chi connectivity index (χ0n) is 23.2. The van der Waals surface area contributed by atoms with Gasteiger partial charge in [0, 0.05) is 47.4 Å². The number of nitrogens with two attached hydrogens (primary N) is 1. The molecule has 0 spiro atoms. The largest absolute Gasteiger partial charge is 0.409 e. The average Bonchev–Trinajstić information content (AvgIpc) is 3.58. The molecule has 3 heterocycles. The predicted octanol–water partition coefficient (Wildman–Crippen LogP) is 6.80. The number of hydrogen-bond donors (Lipinski definition) is 2. The fourth-order valence-corrected chi connectivity index (χ4v) is 7.30. The smallest absolute Gasteiger partial charge is 0.241 e. The predicted molar refractivity (Wildman–Crippen MR) is 166 cm³/mol. The number of fused-ring (bicyclic) bond motifs is 4. The summed E-state index contributed by atoms with van der Waals surface area (Å²) in [5.74, 6) is 4.74. The van der Waals surface area contributed by atoms with Crippen LogP contribution in [0.4, 0.5) is 0 Å². The average molecular weight is 589 g/mol. The molecule has 4 aliphatic rings. The fraction of sp³-hybridized carbons (Fsp3) is 0.265. The minimum atomic E-state index is 0.242. The summed E-state index contributed by atoms with van der Waals surface area (Å²) in [6, 6.07) is 17.2. The Morgan fingerprint density at radius 2 is 1.49 bits per heavy atom. The van der Waals surface area contributed by atoms with Crippen molar-refractivity contribution in [3.63, 3.8) is 0 Å². The third-order valence-electron chi connectivity index (χ3n) is 9.53.